The first-order valence-corrected chi connectivity index (χ1v) is 7.21. The summed E-state index contributed by atoms with van der Waals surface area (Å²) in [5.41, 5.74) is 8.98. The minimum absolute atomic E-state index is 0.124. The summed E-state index contributed by atoms with van der Waals surface area (Å²) >= 11 is 0. The molecule has 1 aromatic carbocycles. The average Bonchev–Trinajstić information content (AvgIpc) is 3.20. The van der Waals surface area contributed by atoms with E-state index in [-0.39, 0.29) is 6.04 Å². The lowest BCUT2D eigenvalue weighted by Gasteiger charge is -2.35. The van der Waals surface area contributed by atoms with Gasteiger partial charge in [0.15, 0.2) is 0 Å². The first-order chi connectivity index (χ1) is 9.15. The average molecular weight is 262 g/mol. The number of ether oxygens (including phenoxy) is 1. The Morgan fingerprint density at radius 3 is 2.58 bits per heavy atom. The maximum Gasteiger partial charge on any atom is 0.0590 e. The fourth-order valence-electron chi connectivity index (χ4n) is 2.83. The molecule has 1 fully saturated rings. The first-order valence-electron chi connectivity index (χ1n) is 7.21. The second-order valence-electron chi connectivity index (χ2n) is 5.62. The van der Waals surface area contributed by atoms with E-state index in [0.29, 0.717) is 12.1 Å². The minimum Gasteiger partial charge on any atom is -0.383 e. The SMILES string of the molecule is COCCN(C1CC1)C(c1ccccc1C)C(C)N. The Kier molecular flexibility index (Phi) is 4.97. The molecule has 2 unspecified atom stereocenters. The fourth-order valence-corrected chi connectivity index (χ4v) is 2.83. The lowest BCUT2D eigenvalue weighted by atomic mass is 9.95. The van der Waals surface area contributed by atoms with Crippen LogP contribution in [0.4, 0.5) is 0 Å². The van der Waals surface area contributed by atoms with Gasteiger partial charge in [0, 0.05) is 25.7 Å². The number of nitrogens with zero attached hydrogens (tertiary/aromatic N) is 1. The summed E-state index contributed by atoms with van der Waals surface area (Å²) in [5.74, 6) is 0. The van der Waals surface area contributed by atoms with Crippen molar-refractivity contribution in [2.45, 2.75) is 44.8 Å². The number of methoxy groups -OCH3 is 1. The highest BCUT2D eigenvalue weighted by Gasteiger charge is 2.36. The third-order valence-electron chi connectivity index (χ3n) is 3.93. The van der Waals surface area contributed by atoms with Crippen LogP contribution in [0.25, 0.3) is 0 Å². The van der Waals surface area contributed by atoms with Crippen LogP contribution in [0.5, 0.6) is 0 Å². The number of aryl methyl sites for hydroxylation is 1. The van der Waals surface area contributed by atoms with Gasteiger partial charge in [0.1, 0.15) is 0 Å². The number of nitrogens with two attached hydrogens (primary N) is 1. The van der Waals surface area contributed by atoms with Crippen molar-refractivity contribution in [2.24, 2.45) is 5.73 Å². The van der Waals surface area contributed by atoms with Gasteiger partial charge in [0.05, 0.1) is 12.6 Å². The van der Waals surface area contributed by atoms with Crippen molar-refractivity contribution in [1.29, 1.82) is 0 Å². The number of hydrogen-bond donors (Lipinski definition) is 1. The molecule has 2 rings (SSSR count). The van der Waals surface area contributed by atoms with E-state index in [4.69, 9.17) is 10.5 Å². The van der Waals surface area contributed by atoms with Gasteiger partial charge in [-0.15, -0.1) is 0 Å². The monoisotopic (exact) mass is 262 g/mol. The number of rotatable bonds is 7. The van der Waals surface area contributed by atoms with Gasteiger partial charge in [0.2, 0.25) is 0 Å². The Hall–Kier alpha value is -0.900. The summed E-state index contributed by atoms with van der Waals surface area (Å²) in [6.07, 6.45) is 2.58. The van der Waals surface area contributed by atoms with Crippen LogP contribution < -0.4 is 5.73 Å². The Bertz CT molecular complexity index is 401. The zero-order valence-electron chi connectivity index (χ0n) is 12.3. The molecule has 0 radical (unpaired) electrons. The van der Waals surface area contributed by atoms with E-state index < -0.39 is 0 Å². The van der Waals surface area contributed by atoms with Crippen molar-refractivity contribution in [3.63, 3.8) is 0 Å². The standard InChI is InChI=1S/C16H26N2O/c1-12-6-4-5-7-15(12)16(13(2)17)18(10-11-19-3)14-8-9-14/h4-7,13-14,16H,8-11,17H2,1-3H3. The lowest BCUT2D eigenvalue weighted by Crippen LogP contribution is -2.42. The molecule has 1 aliphatic carbocycles. The predicted octanol–water partition coefficient (Wildman–Crippen LogP) is 2.49. The summed E-state index contributed by atoms with van der Waals surface area (Å²) < 4.78 is 5.26. The highest BCUT2D eigenvalue weighted by atomic mass is 16.5. The van der Waals surface area contributed by atoms with E-state index in [0.717, 1.165) is 13.2 Å². The third-order valence-corrected chi connectivity index (χ3v) is 3.93. The number of hydrogen-bond acceptors (Lipinski definition) is 3. The maximum absolute atomic E-state index is 6.29. The molecule has 0 aliphatic heterocycles. The molecule has 1 aromatic rings. The van der Waals surface area contributed by atoms with Gasteiger partial charge in [-0.1, -0.05) is 24.3 Å². The third kappa shape index (κ3) is 3.56. The van der Waals surface area contributed by atoms with E-state index in [9.17, 15) is 0 Å². The van der Waals surface area contributed by atoms with Crippen LogP contribution in [0, 0.1) is 6.92 Å². The van der Waals surface area contributed by atoms with Gasteiger partial charge < -0.3 is 10.5 Å². The largest absolute Gasteiger partial charge is 0.383 e. The van der Waals surface area contributed by atoms with Gasteiger partial charge in [0.25, 0.3) is 0 Å². The summed E-state index contributed by atoms with van der Waals surface area (Å²) in [7, 11) is 1.76. The molecule has 0 aromatic heterocycles. The van der Waals surface area contributed by atoms with Gasteiger partial charge in [-0.05, 0) is 37.8 Å². The molecule has 0 heterocycles. The summed E-state index contributed by atoms with van der Waals surface area (Å²) in [6.45, 7) is 6.01. The highest BCUT2D eigenvalue weighted by molar-refractivity contribution is 5.30. The van der Waals surface area contributed by atoms with Crippen molar-refractivity contribution >= 4 is 0 Å². The Morgan fingerprint density at radius 2 is 2.05 bits per heavy atom. The van der Waals surface area contributed by atoms with E-state index >= 15 is 0 Å². The van der Waals surface area contributed by atoms with Gasteiger partial charge in [-0.25, -0.2) is 0 Å². The molecule has 1 aliphatic rings. The van der Waals surface area contributed by atoms with Crippen molar-refractivity contribution in [3.05, 3.63) is 35.4 Å². The normalized spacial score (nSPS) is 18.6. The smallest absolute Gasteiger partial charge is 0.0590 e. The molecular formula is C16H26N2O. The summed E-state index contributed by atoms with van der Waals surface area (Å²) in [4.78, 5) is 2.54. The molecule has 0 bridgehead atoms. The maximum atomic E-state index is 6.29. The zero-order chi connectivity index (χ0) is 13.8. The topological polar surface area (TPSA) is 38.5 Å². The van der Waals surface area contributed by atoms with Gasteiger partial charge in [-0.3, -0.25) is 4.90 Å². The molecule has 0 amide bonds. The van der Waals surface area contributed by atoms with Crippen LogP contribution in [0.1, 0.15) is 36.9 Å². The van der Waals surface area contributed by atoms with Crippen LogP contribution in [0.15, 0.2) is 24.3 Å². The van der Waals surface area contributed by atoms with Crippen LogP contribution in [-0.4, -0.2) is 37.2 Å². The van der Waals surface area contributed by atoms with Crippen molar-refractivity contribution in [2.75, 3.05) is 20.3 Å². The fraction of sp³-hybridized carbons (Fsp3) is 0.625. The summed E-state index contributed by atoms with van der Waals surface area (Å²) in [5, 5.41) is 0. The van der Waals surface area contributed by atoms with Crippen LogP contribution >= 0.6 is 0 Å². The van der Waals surface area contributed by atoms with Crippen molar-refractivity contribution in [1.82, 2.24) is 4.90 Å². The zero-order valence-corrected chi connectivity index (χ0v) is 12.3. The van der Waals surface area contributed by atoms with Gasteiger partial charge >= 0.3 is 0 Å². The van der Waals surface area contributed by atoms with E-state index in [2.05, 4.69) is 43.0 Å². The Balaban J connectivity index is 2.24. The van der Waals surface area contributed by atoms with E-state index in [1.54, 1.807) is 7.11 Å². The molecule has 0 saturated heterocycles. The van der Waals surface area contributed by atoms with Crippen LogP contribution in [0.3, 0.4) is 0 Å². The molecule has 19 heavy (non-hydrogen) atoms. The molecule has 3 heteroatoms. The Morgan fingerprint density at radius 1 is 1.37 bits per heavy atom. The van der Waals surface area contributed by atoms with Gasteiger partial charge in [-0.2, -0.15) is 0 Å². The molecule has 0 spiro atoms. The summed E-state index contributed by atoms with van der Waals surface area (Å²) in [6, 6.07) is 9.69. The number of benzene rings is 1. The molecule has 2 atom stereocenters. The van der Waals surface area contributed by atoms with E-state index in [1.807, 2.05) is 0 Å². The molecular weight excluding hydrogens is 236 g/mol. The molecule has 2 N–H and O–H groups in total. The predicted molar refractivity (Wildman–Crippen MR) is 79.2 cm³/mol. The molecule has 3 nitrogen and oxygen atoms in total. The second kappa shape index (κ2) is 6.51. The van der Waals surface area contributed by atoms with Crippen LogP contribution in [0.2, 0.25) is 0 Å². The second-order valence-corrected chi connectivity index (χ2v) is 5.62. The Labute approximate surface area is 116 Å². The molecule has 1 saturated carbocycles. The van der Waals surface area contributed by atoms with Crippen molar-refractivity contribution < 1.29 is 4.74 Å². The highest BCUT2D eigenvalue weighted by Crippen LogP contribution is 2.36. The quantitative estimate of drug-likeness (QED) is 0.820. The van der Waals surface area contributed by atoms with Crippen molar-refractivity contribution in [3.8, 4) is 0 Å². The van der Waals surface area contributed by atoms with E-state index in [1.165, 1.54) is 24.0 Å². The lowest BCUT2D eigenvalue weighted by molar-refractivity contribution is 0.104. The molecule has 106 valence electrons. The first kappa shape index (κ1) is 14.5. The minimum atomic E-state index is 0.124. The van der Waals surface area contributed by atoms with Crippen LogP contribution in [-0.2, 0) is 4.74 Å².